The van der Waals surface area contributed by atoms with Crippen molar-refractivity contribution in [2.45, 2.75) is 32.0 Å². The average molecular weight is 417 g/mol. The minimum absolute atomic E-state index is 0.393. The second kappa shape index (κ2) is 7.29. The molecule has 0 unspecified atom stereocenters. The zero-order valence-electron chi connectivity index (χ0n) is 14.4. The van der Waals surface area contributed by atoms with Gasteiger partial charge in [0.05, 0.1) is 0 Å². The SMILES string of the molecule is NC(=O)c1ccc(CN(Cc2cc3c(cc2Br)OCCO3)C2CC2)cc1. The number of rotatable bonds is 6. The highest BCUT2D eigenvalue weighted by Gasteiger charge is 2.30. The smallest absolute Gasteiger partial charge is 0.248 e. The van der Waals surface area contributed by atoms with Crippen molar-refractivity contribution in [2.24, 2.45) is 5.73 Å². The van der Waals surface area contributed by atoms with E-state index in [4.69, 9.17) is 15.2 Å². The summed E-state index contributed by atoms with van der Waals surface area (Å²) in [6.45, 7) is 2.85. The molecule has 0 radical (unpaired) electrons. The lowest BCUT2D eigenvalue weighted by Gasteiger charge is -2.25. The number of amides is 1. The predicted octanol–water partition coefficient (Wildman–Crippen LogP) is 3.48. The van der Waals surface area contributed by atoms with E-state index in [-0.39, 0.29) is 0 Å². The molecule has 2 aromatic carbocycles. The summed E-state index contributed by atoms with van der Waals surface area (Å²) >= 11 is 3.67. The molecule has 1 aliphatic carbocycles. The van der Waals surface area contributed by atoms with Crippen molar-refractivity contribution in [3.63, 3.8) is 0 Å². The van der Waals surface area contributed by atoms with Crippen LogP contribution >= 0.6 is 15.9 Å². The first-order valence-electron chi connectivity index (χ1n) is 8.81. The number of hydrogen-bond donors (Lipinski definition) is 1. The third kappa shape index (κ3) is 3.86. The van der Waals surface area contributed by atoms with Crippen LogP contribution in [0.2, 0.25) is 0 Å². The van der Waals surface area contributed by atoms with Gasteiger partial charge in [-0.15, -0.1) is 0 Å². The Balaban J connectivity index is 1.51. The second-order valence-corrected chi connectivity index (χ2v) is 7.64. The number of benzene rings is 2. The second-order valence-electron chi connectivity index (χ2n) is 6.78. The number of nitrogens with zero attached hydrogens (tertiary/aromatic N) is 1. The fraction of sp³-hybridized carbons (Fsp3) is 0.350. The molecule has 0 saturated heterocycles. The Morgan fingerprint density at radius 3 is 2.35 bits per heavy atom. The molecule has 6 heteroatoms. The lowest BCUT2D eigenvalue weighted by Crippen LogP contribution is -2.25. The van der Waals surface area contributed by atoms with E-state index in [9.17, 15) is 4.79 Å². The van der Waals surface area contributed by atoms with Crippen molar-refractivity contribution in [1.29, 1.82) is 0 Å². The zero-order valence-corrected chi connectivity index (χ0v) is 16.0. The summed E-state index contributed by atoms with van der Waals surface area (Å²) in [5.41, 5.74) is 8.23. The van der Waals surface area contributed by atoms with E-state index in [2.05, 4.69) is 26.9 Å². The van der Waals surface area contributed by atoms with E-state index in [1.807, 2.05) is 18.2 Å². The van der Waals surface area contributed by atoms with Crippen LogP contribution < -0.4 is 15.2 Å². The van der Waals surface area contributed by atoms with Crippen LogP contribution in [0.1, 0.15) is 34.3 Å². The van der Waals surface area contributed by atoms with Crippen LogP contribution in [0.5, 0.6) is 11.5 Å². The first-order valence-corrected chi connectivity index (χ1v) is 9.60. The molecule has 1 amide bonds. The maximum atomic E-state index is 11.2. The van der Waals surface area contributed by atoms with Gasteiger partial charge in [-0.3, -0.25) is 9.69 Å². The molecule has 0 bridgehead atoms. The Morgan fingerprint density at radius 1 is 1.08 bits per heavy atom. The van der Waals surface area contributed by atoms with Crippen LogP contribution in [0, 0.1) is 0 Å². The number of fused-ring (bicyclic) bond motifs is 1. The minimum Gasteiger partial charge on any atom is -0.486 e. The predicted molar refractivity (Wildman–Crippen MR) is 102 cm³/mol. The quantitative estimate of drug-likeness (QED) is 0.782. The molecule has 0 atom stereocenters. The van der Waals surface area contributed by atoms with E-state index < -0.39 is 5.91 Å². The Hall–Kier alpha value is -2.05. The molecule has 0 spiro atoms. The van der Waals surface area contributed by atoms with Crippen molar-refractivity contribution >= 4 is 21.8 Å². The lowest BCUT2D eigenvalue weighted by molar-refractivity contribution is 0.100. The van der Waals surface area contributed by atoms with Gasteiger partial charge in [0.15, 0.2) is 11.5 Å². The lowest BCUT2D eigenvalue weighted by atomic mass is 10.1. The molecule has 1 fully saturated rings. The van der Waals surface area contributed by atoms with Gasteiger partial charge >= 0.3 is 0 Å². The third-order valence-corrected chi connectivity index (χ3v) is 5.51. The summed E-state index contributed by atoms with van der Waals surface area (Å²) in [6, 6.07) is 12.2. The van der Waals surface area contributed by atoms with Crippen molar-refractivity contribution in [3.8, 4) is 11.5 Å². The van der Waals surface area contributed by atoms with Crippen LogP contribution in [0.25, 0.3) is 0 Å². The van der Waals surface area contributed by atoms with Crippen LogP contribution in [0.15, 0.2) is 40.9 Å². The van der Waals surface area contributed by atoms with Gasteiger partial charge in [-0.25, -0.2) is 0 Å². The summed E-state index contributed by atoms with van der Waals surface area (Å²) in [7, 11) is 0. The van der Waals surface area contributed by atoms with Crippen LogP contribution in [0.3, 0.4) is 0 Å². The number of nitrogens with two attached hydrogens (primary N) is 1. The van der Waals surface area contributed by atoms with E-state index in [0.29, 0.717) is 24.8 Å². The van der Waals surface area contributed by atoms with E-state index >= 15 is 0 Å². The maximum absolute atomic E-state index is 11.2. The highest BCUT2D eigenvalue weighted by atomic mass is 79.9. The highest BCUT2D eigenvalue weighted by molar-refractivity contribution is 9.10. The Morgan fingerprint density at radius 2 is 1.73 bits per heavy atom. The fourth-order valence-electron chi connectivity index (χ4n) is 3.21. The third-order valence-electron chi connectivity index (χ3n) is 4.77. The van der Waals surface area contributed by atoms with Crippen molar-refractivity contribution in [3.05, 3.63) is 57.6 Å². The monoisotopic (exact) mass is 416 g/mol. The van der Waals surface area contributed by atoms with Gasteiger partial charge in [0.2, 0.25) is 5.91 Å². The molecule has 4 rings (SSSR count). The van der Waals surface area contributed by atoms with Gasteiger partial charge in [-0.05, 0) is 48.2 Å². The Labute approximate surface area is 161 Å². The number of ether oxygens (including phenoxy) is 2. The summed E-state index contributed by atoms with van der Waals surface area (Å²) in [5, 5.41) is 0. The molecule has 2 aromatic rings. The van der Waals surface area contributed by atoms with Crippen LogP contribution in [-0.2, 0) is 13.1 Å². The Kier molecular flexibility index (Phi) is 4.87. The van der Waals surface area contributed by atoms with Gasteiger partial charge in [-0.1, -0.05) is 28.1 Å². The van der Waals surface area contributed by atoms with Gasteiger partial charge in [-0.2, -0.15) is 0 Å². The minimum atomic E-state index is -0.393. The zero-order chi connectivity index (χ0) is 18.1. The molecule has 26 heavy (non-hydrogen) atoms. The molecule has 2 aliphatic rings. The van der Waals surface area contributed by atoms with E-state index in [0.717, 1.165) is 29.1 Å². The summed E-state index contributed by atoms with van der Waals surface area (Å²) in [5.74, 6) is 1.22. The summed E-state index contributed by atoms with van der Waals surface area (Å²) in [4.78, 5) is 13.7. The fourth-order valence-corrected chi connectivity index (χ4v) is 3.66. The van der Waals surface area contributed by atoms with Crippen LogP contribution in [-0.4, -0.2) is 30.1 Å². The van der Waals surface area contributed by atoms with E-state index in [1.54, 1.807) is 12.1 Å². The van der Waals surface area contributed by atoms with Gasteiger partial charge < -0.3 is 15.2 Å². The van der Waals surface area contributed by atoms with Gasteiger partial charge in [0.1, 0.15) is 13.2 Å². The molecule has 1 heterocycles. The number of carbonyl (C=O) groups excluding carboxylic acids is 1. The first kappa shape index (κ1) is 17.4. The van der Waals surface area contributed by atoms with Crippen LogP contribution in [0.4, 0.5) is 0 Å². The number of hydrogen-bond acceptors (Lipinski definition) is 4. The number of primary amides is 1. The average Bonchev–Trinajstić information content (AvgIpc) is 3.47. The first-order chi connectivity index (χ1) is 12.6. The normalized spacial score (nSPS) is 15.9. The topological polar surface area (TPSA) is 64.8 Å². The van der Waals surface area contributed by atoms with Crippen molar-refractivity contribution < 1.29 is 14.3 Å². The van der Waals surface area contributed by atoms with Crippen molar-refractivity contribution in [1.82, 2.24) is 4.90 Å². The molecule has 5 nitrogen and oxygen atoms in total. The maximum Gasteiger partial charge on any atom is 0.248 e. The largest absolute Gasteiger partial charge is 0.486 e. The van der Waals surface area contributed by atoms with Gasteiger partial charge in [0.25, 0.3) is 0 Å². The molecule has 136 valence electrons. The van der Waals surface area contributed by atoms with Crippen molar-refractivity contribution in [2.75, 3.05) is 13.2 Å². The number of halogens is 1. The van der Waals surface area contributed by atoms with E-state index in [1.165, 1.54) is 24.0 Å². The molecule has 1 aliphatic heterocycles. The Bertz CT molecular complexity index is 819. The molecular weight excluding hydrogens is 396 g/mol. The standard InChI is InChI=1S/C20H21BrN2O3/c21-17-10-19-18(25-7-8-26-19)9-15(17)12-23(16-5-6-16)11-13-1-3-14(4-2-13)20(22)24/h1-4,9-10,16H,5-8,11-12H2,(H2,22,24). The molecule has 2 N–H and O–H groups in total. The molecular formula is C20H21BrN2O3. The molecule has 1 saturated carbocycles. The summed E-state index contributed by atoms with van der Waals surface area (Å²) in [6.07, 6.45) is 2.45. The molecule has 0 aromatic heterocycles. The number of carbonyl (C=O) groups is 1. The summed E-state index contributed by atoms with van der Waals surface area (Å²) < 4.78 is 12.4. The van der Waals surface area contributed by atoms with Gasteiger partial charge in [0, 0.05) is 29.2 Å². The highest BCUT2D eigenvalue weighted by Crippen LogP contribution is 2.38.